The van der Waals surface area contributed by atoms with E-state index in [0.29, 0.717) is 16.7 Å². The number of thioether (sulfide) groups is 1. The van der Waals surface area contributed by atoms with Gasteiger partial charge in [-0.25, -0.2) is 0 Å². The van der Waals surface area contributed by atoms with E-state index in [4.69, 9.17) is 5.26 Å². The maximum absolute atomic E-state index is 11.9. The van der Waals surface area contributed by atoms with Crippen molar-refractivity contribution in [3.05, 3.63) is 29.8 Å². The second-order valence-corrected chi connectivity index (χ2v) is 3.53. The van der Waals surface area contributed by atoms with Gasteiger partial charge in [0.25, 0.3) is 0 Å². The molecule has 0 saturated heterocycles. The summed E-state index contributed by atoms with van der Waals surface area (Å²) >= 11 is 0.631. The van der Waals surface area contributed by atoms with Gasteiger partial charge in [0.1, 0.15) is 6.07 Å². The van der Waals surface area contributed by atoms with Gasteiger partial charge < -0.3 is 0 Å². The lowest BCUT2D eigenvalue weighted by atomic mass is 10.2. The molecule has 0 aliphatic heterocycles. The summed E-state index contributed by atoms with van der Waals surface area (Å²) in [5.41, 5.74) is 0.279. The molecular weight excluding hydrogens is 211 g/mol. The fourth-order valence-electron chi connectivity index (χ4n) is 0.844. The van der Waals surface area contributed by atoms with E-state index in [1.54, 1.807) is 12.1 Å². The lowest BCUT2D eigenvalue weighted by Gasteiger charge is -2.06. The van der Waals surface area contributed by atoms with Gasteiger partial charge in [-0.1, -0.05) is 12.1 Å². The lowest BCUT2D eigenvalue weighted by molar-refractivity contribution is -0.105. The van der Waals surface area contributed by atoms with E-state index in [0.717, 1.165) is 0 Å². The average Bonchev–Trinajstić information content (AvgIpc) is 2.14. The van der Waals surface area contributed by atoms with Crippen molar-refractivity contribution in [2.45, 2.75) is 11.1 Å². The van der Waals surface area contributed by atoms with Crippen LogP contribution in [0, 0.1) is 11.3 Å². The smallest absolute Gasteiger partial charge is 0.192 e. The van der Waals surface area contributed by atoms with Crippen molar-refractivity contribution < 1.29 is 13.2 Å². The Kier molecular flexibility index (Phi) is 3.42. The Morgan fingerprint density at radius 3 is 2.50 bits per heavy atom. The van der Waals surface area contributed by atoms with Gasteiger partial charge >= 0.3 is 6.18 Å². The zero-order valence-electron chi connectivity index (χ0n) is 7.01. The van der Waals surface area contributed by atoms with Crippen molar-refractivity contribution in [3.63, 3.8) is 0 Å². The summed E-state index contributed by atoms with van der Waals surface area (Å²) in [7, 11) is 0. The van der Waals surface area contributed by atoms with Crippen LogP contribution in [0.25, 0.3) is 0 Å². The van der Waals surface area contributed by atoms with Gasteiger partial charge in [-0.3, -0.25) is 0 Å². The van der Waals surface area contributed by atoms with Gasteiger partial charge in [-0.15, -0.1) is 11.8 Å². The minimum absolute atomic E-state index is 0.279. The second kappa shape index (κ2) is 4.38. The summed E-state index contributed by atoms with van der Waals surface area (Å²) in [5.74, 6) is -0.967. The number of nitrogens with zero attached hydrogens (tertiary/aromatic N) is 1. The van der Waals surface area contributed by atoms with Gasteiger partial charge in [0.05, 0.1) is 11.3 Å². The second-order valence-electron chi connectivity index (χ2n) is 2.51. The first-order chi connectivity index (χ1) is 6.53. The predicted octanol–water partition coefficient (Wildman–Crippen LogP) is 3.21. The number of hydrogen-bond donors (Lipinski definition) is 0. The Labute approximate surface area is 83.5 Å². The molecule has 0 radical (unpaired) electrons. The highest BCUT2D eigenvalue weighted by Crippen LogP contribution is 2.28. The number of hydrogen-bond acceptors (Lipinski definition) is 2. The predicted molar refractivity (Wildman–Crippen MR) is 47.9 cm³/mol. The fraction of sp³-hybridized carbons (Fsp3) is 0.222. The van der Waals surface area contributed by atoms with Crippen LogP contribution < -0.4 is 0 Å². The molecule has 0 bridgehead atoms. The Balaban J connectivity index is 2.73. The van der Waals surface area contributed by atoms with Crippen LogP contribution in [-0.4, -0.2) is 11.9 Å². The highest BCUT2D eigenvalue weighted by atomic mass is 32.2. The molecule has 14 heavy (non-hydrogen) atoms. The quantitative estimate of drug-likeness (QED) is 0.710. The molecule has 74 valence electrons. The van der Waals surface area contributed by atoms with Crippen molar-refractivity contribution in [2.75, 3.05) is 5.75 Å². The molecular formula is C9H6F3NS. The molecule has 0 aliphatic rings. The Hall–Kier alpha value is -1.15. The SMILES string of the molecule is N#Cc1ccccc1SCC(F)(F)F. The van der Waals surface area contributed by atoms with Gasteiger partial charge in [-0.05, 0) is 12.1 Å². The zero-order chi connectivity index (χ0) is 10.6. The maximum Gasteiger partial charge on any atom is 0.398 e. The molecule has 0 atom stereocenters. The molecule has 0 saturated carbocycles. The van der Waals surface area contributed by atoms with Gasteiger partial charge in [0.15, 0.2) is 0 Å². The molecule has 1 nitrogen and oxygen atoms in total. The van der Waals surface area contributed by atoms with E-state index in [9.17, 15) is 13.2 Å². The van der Waals surface area contributed by atoms with Crippen LogP contribution in [0.2, 0.25) is 0 Å². The topological polar surface area (TPSA) is 23.8 Å². The molecule has 0 unspecified atom stereocenters. The van der Waals surface area contributed by atoms with Crippen molar-refractivity contribution in [1.82, 2.24) is 0 Å². The van der Waals surface area contributed by atoms with E-state index in [1.165, 1.54) is 12.1 Å². The standard InChI is InChI=1S/C9H6F3NS/c10-9(11,12)6-14-8-4-2-1-3-7(8)5-13/h1-4H,6H2. The minimum Gasteiger partial charge on any atom is -0.192 e. The molecule has 0 aliphatic carbocycles. The van der Waals surface area contributed by atoms with E-state index >= 15 is 0 Å². The van der Waals surface area contributed by atoms with Gasteiger partial charge in [0.2, 0.25) is 0 Å². The first kappa shape index (κ1) is 10.9. The van der Waals surface area contributed by atoms with Crippen molar-refractivity contribution in [3.8, 4) is 6.07 Å². The normalized spacial score (nSPS) is 11.0. The lowest BCUT2D eigenvalue weighted by Crippen LogP contribution is -2.10. The molecule has 1 aromatic rings. The van der Waals surface area contributed by atoms with E-state index in [1.807, 2.05) is 6.07 Å². The van der Waals surface area contributed by atoms with Gasteiger partial charge in [-0.2, -0.15) is 18.4 Å². The maximum atomic E-state index is 11.9. The van der Waals surface area contributed by atoms with Crippen molar-refractivity contribution >= 4 is 11.8 Å². The third kappa shape index (κ3) is 3.30. The molecule has 0 fully saturated rings. The fourth-order valence-corrected chi connectivity index (χ4v) is 1.61. The monoisotopic (exact) mass is 217 g/mol. The highest BCUT2D eigenvalue weighted by Gasteiger charge is 2.27. The molecule has 0 aromatic heterocycles. The zero-order valence-corrected chi connectivity index (χ0v) is 7.82. The summed E-state index contributed by atoms with van der Waals surface area (Å²) in [6, 6.07) is 8.08. The van der Waals surface area contributed by atoms with Crippen LogP contribution in [-0.2, 0) is 0 Å². The Bertz CT molecular complexity index is 354. The van der Waals surface area contributed by atoms with Crippen LogP contribution in [0.5, 0.6) is 0 Å². The average molecular weight is 217 g/mol. The van der Waals surface area contributed by atoms with Crippen molar-refractivity contribution in [1.29, 1.82) is 5.26 Å². The summed E-state index contributed by atoms with van der Waals surface area (Å²) in [5, 5.41) is 8.60. The third-order valence-corrected chi connectivity index (χ3v) is 2.54. The van der Waals surface area contributed by atoms with Gasteiger partial charge in [0, 0.05) is 4.90 Å². The molecule has 0 spiro atoms. The van der Waals surface area contributed by atoms with Crippen LogP contribution in [0.1, 0.15) is 5.56 Å². The van der Waals surface area contributed by atoms with E-state index < -0.39 is 11.9 Å². The van der Waals surface area contributed by atoms with Crippen LogP contribution in [0.15, 0.2) is 29.2 Å². The Morgan fingerprint density at radius 1 is 1.29 bits per heavy atom. The van der Waals surface area contributed by atoms with Crippen LogP contribution >= 0.6 is 11.8 Å². The first-order valence-electron chi connectivity index (χ1n) is 3.71. The summed E-state index contributed by atoms with van der Waals surface area (Å²) < 4.78 is 35.6. The minimum atomic E-state index is -4.20. The number of rotatable bonds is 2. The highest BCUT2D eigenvalue weighted by molar-refractivity contribution is 7.99. The summed E-state index contributed by atoms with van der Waals surface area (Å²) in [4.78, 5) is 0.368. The molecule has 0 amide bonds. The summed E-state index contributed by atoms with van der Waals surface area (Å²) in [6.07, 6.45) is -4.20. The van der Waals surface area contributed by atoms with Crippen LogP contribution in [0.3, 0.4) is 0 Å². The number of benzene rings is 1. The van der Waals surface area contributed by atoms with E-state index in [2.05, 4.69) is 0 Å². The van der Waals surface area contributed by atoms with Crippen LogP contribution in [0.4, 0.5) is 13.2 Å². The summed E-state index contributed by atoms with van der Waals surface area (Å²) in [6.45, 7) is 0. The number of halogens is 3. The molecule has 0 N–H and O–H groups in total. The molecule has 5 heteroatoms. The van der Waals surface area contributed by atoms with Crippen molar-refractivity contribution in [2.24, 2.45) is 0 Å². The molecule has 1 rings (SSSR count). The third-order valence-electron chi connectivity index (χ3n) is 1.40. The van der Waals surface area contributed by atoms with E-state index in [-0.39, 0.29) is 5.56 Å². The first-order valence-corrected chi connectivity index (χ1v) is 4.70. The largest absolute Gasteiger partial charge is 0.398 e. The molecule has 1 aromatic carbocycles. The molecule has 0 heterocycles. The number of alkyl halides is 3. The Morgan fingerprint density at radius 2 is 1.93 bits per heavy atom. The number of nitriles is 1.